The maximum absolute atomic E-state index is 11.4. The first-order valence-corrected chi connectivity index (χ1v) is 4.73. The van der Waals surface area contributed by atoms with Gasteiger partial charge in [-0.15, -0.1) is 0 Å². The minimum absolute atomic E-state index is 0.132. The molecule has 0 aliphatic carbocycles. The first kappa shape index (κ1) is 9.15. The molecule has 0 radical (unpaired) electrons. The van der Waals surface area contributed by atoms with Gasteiger partial charge in [-0.3, -0.25) is 9.78 Å². The van der Waals surface area contributed by atoms with Crippen LogP contribution in [0.5, 0.6) is 0 Å². The van der Waals surface area contributed by atoms with E-state index in [0.717, 1.165) is 18.7 Å². The third-order valence-electron chi connectivity index (χ3n) is 2.34. The van der Waals surface area contributed by atoms with Gasteiger partial charge in [0.25, 0.3) is 0 Å². The second-order valence-corrected chi connectivity index (χ2v) is 3.43. The van der Waals surface area contributed by atoms with E-state index in [-0.39, 0.29) is 11.8 Å². The molecule has 0 spiro atoms. The summed E-state index contributed by atoms with van der Waals surface area (Å²) in [5, 5.41) is 5.95. The van der Waals surface area contributed by atoms with Crippen LogP contribution in [0.2, 0.25) is 0 Å². The number of rotatable bonds is 3. The number of hydrogen-bond acceptors (Lipinski definition) is 3. The third kappa shape index (κ3) is 2.09. The van der Waals surface area contributed by atoms with Crippen LogP contribution >= 0.6 is 0 Å². The van der Waals surface area contributed by atoms with Gasteiger partial charge in [-0.05, 0) is 11.6 Å². The summed E-state index contributed by atoms with van der Waals surface area (Å²) in [5.74, 6) is 0.291. The fourth-order valence-electron chi connectivity index (χ4n) is 1.31. The van der Waals surface area contributed by atoms with E-state index in [0.29, 0.717) is 6.54 Å². The van der Waals surface area contributed by atoms with Crippen LogP contribution in [0, 0.1) is 5.92 Å². The summed E-state index contributed by atoms with van der Waals surface area (Å²) < 4.78 is 0. The van der Waals surface area contributed by atoms with Crippen molar-refractivity contribution in [3.63, 3.8) is 0 Å². The summed E-state index contributed by atoms with van der Waals surface area (Å²) in [6.45, 7) is 2.18. The van der Waals surface area contributed by atoms with Crippen LogP contribution in [0.3, 0.4) is 0 Å². The maximum Gasteiger partial charge on any atom is 0.225 e. The smallest absolute Gasteiger partial charge is 0.225 e. The Kier molecular flexibility index (Phi) is 2.74. The highest BCUT2D eigenvalue weighted by Gasteiger charge is 2.24. The minimum Gasteiger partial charge on any atom is -0.352 e. The van der Waals surface area contributed by atoms with Crippen LogP contribution in [-0.4, -0.2) is 24.0 Å². The molecule has 2 heterocycles. The molecule has 1 aliphatic heterocycles. The number of carbonyl (C=O) groups excluding carboxylic acids is 1. The van der Waals surface area contributed by atoms with Gasteiger partial charge >= 0.3 is 0 Å². The van der Waals surface area contributed by atoms with E-state index in [1.807, 2.05) is 12.1 Å². The van der Waals surface area contributed by atoms with E-state index in [4.69, 9.17) is 0 Å². The van der Waals surface area contributed by atoms with Gasteiger partial charge in [0.05, 0.1) is 5.92 Å². The zero-order valence-electron chi connectivity index (χ0n) is 7.86. The fraction of sp³-hybridized carbons (Fsp3) is 0.400. The first-order valence-electron chi connectivity index (χ1n) is 4.73. The lowest BCUT2D eigenvalue weighted by Gasteiger charge is -2.25. The second kappa shape index (κ2) is 4.19. The van der Waals surface area contributed by atoms with Gasteiger partial charge in [-0.25, -0.2) is 0 Å². The molecule has 1 amide bonds. The molecule has 1 aromatic rings. The lowest BCUT2D eigenvalue weighted by atomic mass is 10.0. The van der Waals surface area contributed by atoms with Gasteiger partial charge in [-0.2, -0.15) is 0 Å². The monoisotopic (exact) mass is 191 g/mol. The molecule has 14 heavy (non-hydrogen) atoms. The topological polar surface area (TPSA) is 54.0 Å². The Morgan fingerprint density at radius 3 is 3.07 bits per heavy atom. The molecular weight excluding hydrogens is 178 g/mol. The standard InChI is InChI=1S/C10H13N3O/c14-10(9-6-12-7-9)13-5-8-2-1-3-11-4-8/h1-4,9,12H,5-7H2,(H,13,14). The highest BCUT2D eigenvalue weighted by atomic mass is 16.2. The predicted molar refractivity (Wildman–Crippen MR) is 52.4 cm³/mol. The lowest BCUT2D eigenvalue weighted by molar-refractivity contribution is -0.126. The predicted octanol–water partition coefficient (Wildman–Crippen LogP) is -0.0828. The van der Waals surface area contributed by atoms with Crippen molar-refractivity contribution < 1.29 is 4.79 Å². The molecule has 4 heteroatoms. The van der Waals surface area contributed by atoms with E-state index < -0.39 is 0 Å². The summed E-state index contributed by atoms with van der Waals surface area (Å²) in [6.07, 6.45) is 3.49. The molecule has 1 aliphatic rings. The fourth-order valence-corrected chi connectivity index (χ4v) is 1.31. The SMILES string of the molecule is O=C(NCc1cccnc1)C1CNC1. The summed E-state index contributed by atoms with van der Waals surface area (Å²) in [4.78, 5) is 15.4. The summed E-state index contributed by atoms with van der Waals surface area (Å²) in [6, 6.07) is 3.82. The van der Waals surface area contributed by atoms with Crippen molar-refractivity contribution in [1.29, 1.82) is 0 Å². The van der Waals surface area contributed by atoms with Crippen molar-refractivity contribution in [2.75, 3.05) is 13.1 Å². The van der Waals surface area contributed by atoms with Gasteiger partial charge in [0.2, 0.25) is 5.91 Å². The Morgan fingerprint density at radius 2 is 2.50 bits per heavy atom. The Bertz CT molecular complexity index is 308. The van der Waals surface area contributed by atoms with Crippen molar-refractivity contribution in [3.05, 3.63) is 30.1 Å². The van der Waals surface area contributed by atoms with Crippen LogP contribution < -0.4 is 10.6 Å². The molecule has 74 valence electrons. The van der Waals surface area contributed by atoms with Gasteiger partial charge in [-0.1, -0.05) is 6.07 Å². The van der Waals surface area contributed by atoms with Crippen LogP contribution in [0.25, 0.3) is 0 Å². The van der Waals surface area contributed by atoms with E-state index >= 15 is 0 Å². The molecule has 0 aromatic carbocycles. The number of carbonyl (C=O) groups is 1. The maximum atomic E-state index is 11.4. The number of hydrogen-bond donors (Lipinski definition) is 2. The zero-order chi connectivity index (χ0) is 9.80. The molecular formula is C10H13N3O. The van der Waals surface area contributed by atoms with Crippen molar-refractivity contribution in [1.82, 2.24) is 15.6 Å². The average molecular weight is 191 g/mol. The molecule has 0 atom stereocenters. The first-order chi connectivity index (χ1) is 6.86. The van der Waals surface area contributed by atoms with Crippen molar-refractivity contribution in [2.24, 2.45) is 5.92 Å². The second-order valence-electron chi connectivity index (χ2n) is 3.43. The molecule has 4 nitrogen and oxygen atoms in total. The summed E-state index contributed by atoms with van der Waals surface area (Å²) in [7, 11) is 0. The number of nitrogens with zero attached hydrogens (tertiary/aromatic N) is 1. The zero-order valence-corrected chi connectivity index (χ0v) is 7.86. The van der Waals surface area contributed by atoms with Crippen molar-refractivity contribution in [3.8, 4) is 0 Å². The minimum atomic E-state index is 0.132. The molecule has 0 bridgehead atoms. The molecule has 1 fully saturated rings. The molecule has 1 saturated heterocycles. The number of amides is 1. The average Bonchev–Trinajstić information content (AvgIpc) is 2.14. The molecule has 2 N–H and O–H groups in total. The third-order valence-corrected chi connectivity index (χ3v) is 2.34. The van der Waals surface area contributed by atoms with Crippen LogP contribution in [-0.2, 0) is 11.3 Å². The van der Waals surface area contributed by atoms with E-state index in [9.17, 15) is 4.79 Å². The van der Waals surface area contributed by atoms with Gasteiger partial charge < -0.3 is 10.6 Å². The van der Waals surface area contributed by atoms with Crippen LogP contribution in [0.15, 0.2) is 24.5 Å². The highest BCUT2D eigenvalue weighted by Crippen LogP contribution is 2.03. The van der Waals surface area contributed by atoms with Gasteiger partial charge in [0.1, 0.15) is 0 Å². The van der Waals surface area contributed by atoms with E-state index in [1.54, 1.807) is 12.4 Å². The van der Waals surface area contributed by atoms with Crippen LogP contribution in [0.1, 0.15) is 5.56 Å². The molecule has 0 unspecified atom stereocenters. The Morgan fingerprint density at radius 1 is 1.64 bits per heavy atom. The lowest BCUT2D eigenvalue weighted by Crippen LogP contribution is -2.50. The normalized spacial score (nSPS) is 16.0. The van der Waals surface area contributed by atoms with E-state index in [1.165, 1.54) is 0 Å². The summed E-state index contributed by atoms with van der Waals surface area (Å²) in [5.41, 5.74) is 1.04. The van der Waals surface area contributed by atoms with Crippen molar-refractivity contribution >= 4 is 5.91 Å². The quantitative estimate of drug-likeness (QED) is 0.702. The molecule has 1 aromatic heterocycles. The Balaban J connectivity index is 1.79. The van der Waals surface area contributed by atoms with Crippen LogP contribution in [0.4, 0.5) is 0 Å². The van der Waals surface area contributed by atoms with E-state index in [2.05, 4.69) is 15.6 Å². The largest absolute Gasteiger partial charge is 0.352 e. The number of aromatic nitrogens is 1. The molecule has 0 saturated carbocycles. The summed E-state index contributed by atoms with van der Waals surface area (Å²) >= 11 is 0. The van der Waals surface area contributed by atoms with Gasteiger partial charge in [0.15, 0.2) is 0 Å². The number of pyridine rings is 1. The Hall–Kier alpha value is -1.42. The molecule has 2 rings (SSSR count). The Labute approximate surface area is 82.7 Å². The van der Waals surface area contributed by atoms with Crippen molar-refractivity contribution in [2.45, 2.75) is 6.54 Å². The number of nitrogens with one attached hydrogen (secondary N) is 2. The highest BCUT2D eigenvalue weighted by molar-refractivity contribution is 5.79. The van der Waals surface area contributed by atoms with Gasteiger partial charge in [0, 0.05) is 32.0 Å².